The second-order valence-electron chi connectivity index (χ2n) is 5.91. The average molecular weight is 278 g/mol. The Balaban J connectivity index is 1.65. The van der Waals surface area contributed by atoms with Crippen molar-refractivity contribution in [3.63, 3.8) is 0 Å². The standard InChI is InChI=1S/C15H22N2OS/c1-11-9-16-14(19-11)13-7-4-8-17(10-13)15(18)12-5-2-3-6-12/h9,12-13H,2-8,10H2,1H3/t13-/m1/s1. The van der Waals surface area contributed by atoms with E-state index in [4.69, 9.17) is 0 Å². The predicted molar refractivity (Wildman–Crippen MR) is 77.4 cm³/mol. The van der Waals surface area contributed by atoms with Crippen LogP contribution in [0.5, 0.6) is 0 Å². The van der Waals surface area contributed by atoms with Crippen molar-refractivity contribution in [2.75, 3.05) is 13.1 Å². The van der Waals surface area contributed by atoms with Crippen molar-refractivity contribution >= 4 is 17.2 Å². The molecule has 1 aromatic rings. The summed E-state index contributed by atoms with van der Waals surface area (Å²) in [6.45, 7) is 3.95. The molecule has 3 nitrogen and oxygen atoms in total. The zero-order valence-electron chi connectivity index (χ0n) is 11.6. The van der Waals surface area contributed by atoms with Crippen molar-refractivity contribution < 1.29 is 4.79 Å². The lowest BCUT2D eigenvalue weighted by Gasteiger charge is -2.33. The normalized spacial score (nSPS) is 24.9. The molecule has 0 radical (unpaired) electrons. The number of likely N-dealkylation sites (tertiary alicyclic amines) is 1. The van der Waals surface area contributed by atoms with Crippen LogP contribution in [0.1, 0.15) is 54.3 Å². The zero-order valence-corrected chi connectivity index (χ0v) is 12.4. The highest BCUT2D eigenvalue weighted by molar-refractivity contribution is 7.11. The monoisotopic (exact) mass is 278 g/mol. The summed E-state index contributed by atoms with van der Waals surface area (Å²) in [4.78, 5) is 20.4. The van der Waals surface area contributed by atoms with Crippen LogP contribution in [0, 0.1) is 12.8 Å². The number of aromatic nitrogens is 1. The Bertz CT molecular complexity index is 451. The lowest BCUT2D eigenvalue weighted by molar-refractivity contribution is -0.136. The molecule has 2 heterocycles. The number of carbonyl (C=O) groups is 1. The van der Waals surface area contributed by atoms with Gasteiger partial charge in [0.2, 0.25) is 5.91 Å². The molecule has 1 aliphatic carbocycles. The van der Waals surface area contributed by atoms with E-state index in [9.17, 15) is 4.79 Å². The lowest BCUT2D eigenvalue weighted by atomic mass is 9.96. The fourth-order valence-corrected chi connectivity index (χ4v) is 4.27. The Morgan fingerprint density at radius 2 is 2.11 bits per heavy atom. The molecule has 1 saturated heterocycles. The second-order valence-corrected chi connectivity index (χ2v) is 7.18. The highest BCUT2D eigenvalue weighted by Gasteiger charge is 2.31. The van der Waals surface area contributed by atoms with E-state index in [0.29, 0.717) is 17.7 Å². The Morgan fingerprint density at radius 3 is 2.79 bits per heavy atom. The van der Waals surface area contributed by atoms with Crippen molar-refractivity contribution in [1.29, 1.82) is 0 Å². The molecule has 1 aromatic heterocycles. The van der Waals surface area contributed by atoms with E-state index >= 15 is 0 Å². The summed E-state index contributed by atoms with van der Waals surface area (Å²) in [6, 6.07) is 0. The maximum Gasteiger partial charge on any atom is 0.225 e. The Morgan fingerprint density at radius 1 is 1.32 bits per heavy atom. The number of thiazole rings is 1. The summed E-state index contributed by atoms with van der Waals surface area (Å²) >= 11 is 1.79. The predicted octanol–water partition coefficient (Wildman–Crippen LogP) is 3.35. The molecule has 19 heavy (non-hydrogen) atoms. The fourth-order valence-electron chi connectivity index (χ4n) is 3.37. The summed E-state index contributed by atoms with van der Waals surface area (Å²) in [5.41, 5.74) is 0. The maximum absolute atomic E-state index is 12.5. The summed E-state index contributed by atoms with van der Waals surface area (Å²) in [5.74, 6) is 1.20. The van der Waals surface area contributed by atoms with Gasteiger partial charge in [0.25, 0.3) is 0 Å². The molecular weight excluding hydrogens is 256 g/mol. The minimum atomic E-state index is 0.316. The van der Waals surface area contributed by atoms with Crippen molar-refractivity contribution in [1.82, 2.24) is 9.88 Å². The molecule has 0 unspecified atom stereocenters. The van der Waals surface area contributed by atoms with Gasteiger partial charge in [0.15, 0.2) is 0 Å². The summed E-state index contributed by atoms with van der Waals surface area (Å²) in [6.07, 6.45) is 8.95. The minimum absolute atomic E-state index is 0.316. The van der Waals surface area contributed by atoms with E-state index in [0.717, 1.165) is 32.4 Å². The third-order valence-electron chi connectivity index (χ3n) is 4.43. The van der Waals surface area contributed by atoms with Crippen LogP contribution < -0.4 is 0 Å². The quantitative estimate of drug-likeness (QED) is 0.831. The number of amides is 1. The average Bonchev–Trinajstić information content (AvgIpc) is 3.09. The minimum Gasteiger partial charge on any atom is -0.342 e. The van der Waals surface area contributed by atoms with Gasteiger partial charge in [-0.15, -0.1) is 11.3 Å². The van der Waals surface area contributed by atoms with Gasteiger partial charge >= 0.3 is 0 Å². The molecule has 1 atom stereocenters. The van der Waals surface area contributed by atoms with Crippen LogP contribution in [0.4, 0.5) is 0 Å². The SMILES string of the molecule is Cc1cnc([C@@H]2CCCN(C(=O)C3CCCC3)C2)s1. The van der Waals surface area contributed by atoms with Crippen molar-refractivity contribution in [2.45, 2.75) is 51.4 Å². The molecule has 0 bridgehead atoms. The van der Waals surface area contributed by atoms with Crippen molar-refractivity contribution in [3.8, 4) is 0 Å². The van der Waals surface area contributed by atoms with Crippen LogP contribution in [0.3, 0.4) is 0 Å². The van der Waals surface area contributed by atoms with E-state index < -0.39 is 0 Å². The zero-order chi connectivity index (χ0) is 13.2. The van der Waals surface area contributed by atoms with E-state index in [1.165, 1.54) is 29.1 Å². The Hall–Kier alpha value is -0.900. The van der Waals surface area contributed by atoms with Crippen LogP contribution in [0.2, 0.25) is 0 Å². The topological polar surface area (TPSA) is 33.2 Å². The van der Waals surface area contributed by atoms with E-state index in [1.54, 1.807) is 11.3 Å². The van der Waals surface area contributed by atoms with Gasteiger partial charge in [0.05, 0.1) is 5.01 Å². The van der Waals surface area contributed by atoms with Crippen molar-refractivity contribution in [3.05, 3.63) is 16.1 Å². The number of carbonyl (C=O) groups excluding carboxylic acids is 1. The summed E-state index contributed by atoms with van der Waals surface area (Å²) in [5, 5.41) is 1.22. The molecule has 2 fully saturated rings. The maximum atomic E-state index is 12.5. The first-order chi connectivity index (χ1) is 9.24. The fraction of sp³-hybridized carbons (Fsp3) is 0.733. The number of hydrogen-bond acceptors (Lipinski definition) is 3. The summed E-state index contributed by atoms with van der Waals surface area (Å²) in [7, 11) is 0. The van der Waals surface area contributed by atoms with Crippen LogP contribution in [0.15, 0.2) is 6.20 Å². The van der Waals surface area contributed by atoms with Gasteiger partial charge in [-0.05, 0) is 32.6 Å². The highest BCUT2D eigenvalue weighted by Crippen LogP contribution is 2.32. The molecule has 1 saturated carbocycles. The molecule has 1 aliphatic heterocycles. The lowest BCUT2D eigenvalue weighted by Crippen LogP contribution is -2.41. The van der Waals surface area contributed by atoms with Crippen LogP contribution in [0.25, 0.3) is 0 Å². The Labute approximate surface area is 119 Å². The smallest absolute Gasteiger partial charge is 0.225 e. The number of aryl methyl sites for hydroxylation is 1. The Kier molecular flexibility index (Phi) is 3.87. The molecule has 3 rings (SSSR count). The number of hydrogen-bond donors (Lipinski definition) is 0. The van der Waals surface area contributed by atoms with Gasteiger partial charge in [-0.2, -0.15) is 0 Å². The van der Waals surface area contributed by atoms with Gasteiger partial charge in [0.1, 0.15) is 0 Å². The first kappa shape index (κ1) is 13.1. The third-order valence-corrected chi connectivity index (χ3v) is 5.50. The van der Waals surface area contributed by atoms with Crippen molar-refractivity contribution in [2.24, 2.45) is 5.92 Å². The molecule has 104 valence electrons. The third kappa shape index (κ3) is 2.83. The molecule has 0 aromatic carbocycles. The molecule has 0 spiro atoms. The largest absolute Gasteiger partial charge is 0.342 e. The summed E-state index contributed by atoms with van der Waals surface area (Å²) < 4.78 is 0. The number of nitrogens with zero attached hydrogens (tertiary/aromatic N) is 2. The van der Waals surface area contributed by atoms with Crippen LogP contribution in [-0.2, 0) is 4.79 Å². The molecule has 2 aliphatic rings. The number of rotatable bonds is 2. The van der Waals surface area contributed by atoms with E-state index in [1.807, 2.05) is 6.20 Å². The molecule has 0 N–H and O–H groups in total. The van der Waals surface area contributed by atoms with E-state index in [-0.39, 0.29) is 0 Å². The van der Waals surface area contributed by atoms with Gasteiger partial charge in [-0.1, -0.05) is 12.8 Å². The highest BCUT2D eigenvalue weighted by atomic mass is 32.1. The van der Waals surface area contributed by atoms with Gasteiger partial charge < -0.3 is 4.90 Å². The van der Waals surface area contributed by atoms with Crippen LogP contribution in [-0.4, -0.2) is 28.9 Å². The number of piperidine rings is 1. The molecular formula is C15H22N2OS. The van der Waals surface area contributed by atoms with E-state index in [2.05, 4.69) is 16.8 Å². The van der Waals surface area contributed by atoms with Crippen LogP contribution >= 0.6 is 11.3 Å². The molecule has 1 amide bonds. The van der Waals surface area contributed by atoms with Gasteiger partial charge in [-0.25, -0.2) is 4.98 Å². The van der Waals surface area contributed by atoms with Gasteiger partial charge in [-0.3, -0.25) is 4.79 Å². The first-order valence-corrected chi connectivity index (χ1v) is 8.27. The van der Waals surface area contributed by atoms with Gasteiger partial charge in [0, 0.05) is 36.0 Å². The first-order valence-electron chi connectivity index (χ1n) is 7.45. The molecule has 4 heteroatoms. The second kappa shape index (κ2) is 5.61.